The fraction of sp³-hybridized carbons (Fsp3) is 0.100. The summed E-state index contributed by atoms with van der Waals surface area (Å²) in [5, 5.41) is 12.4. The van der Waals surface area contributed by atoms with Crippen LogP contribution >= 0.6 is 0 Å². The third kappa shape index (κ3) is 1.54. The summed E-state index contributed by atoms with van der Waals surface area (Å²) in [6, 6.07) is 10.1. The fourth-order valence-electron chi connectivity index (χ4n) is 1.38. The zero-order valence-corrected chi connectivity index (χ0v) is 7.07. The SMILES string of the molecule is O/N=C\Cc1cc2ccccc2[nH]1. The third-order valence-corrected chi connectivity index (χ3v) is 1.98. The molecule has 1 aromatic carbocycles. The summed E-state index contributed by atoms with van der Waals surface area (Å²) in [5.41, 5.74) is 2.17. The average molecular weight is 174 g/mol. The first-order chi connectivity index (χ1) is 6.40. The number of H-pyrrole nitrogens is 1. The van der Waals surface area contributed by atoms with E-state index in [9.17, 15) is 0 Å². The second-order valence-electron chi connectivity index (χ2n) is 2.88. The normalized spacial score (nSPS) is 11.4. The molecule has 0 saturated carbocycles. The molecule has 3 heteroatoms. The van der Waals surface area contributed by atoms with Gasteiger partial charge >= 0.3 is 0 Å². The molecule has 0 atom stereocenters. The molecule has 0 fully saturated rings. The second kappa shape index (κ2) is 3.31. The number of aromatic amines is 1. The Kier molecular flexibility index (Phi) is 2.00. The van der Waals surface area contributed by atoms with Crippen molar-refractivity contribution < 1.29 is 5.21 Å². The highest BCUT2D eigenvalue weighted by Gasteiger charge is 1.97. The maximum atomic E-state index is 8.26. The maximum absolute atomic E-state index is 8.26. The first kappa shape index (κ1) is 7.86. The lowest BCUT2D eigenvalue weighted by Gasteiger charge is -1.86. The number of nitrogens with one attached hydrogen (secondary N) is 1. The Bertz CT molecular complexity index is 398. The molecule has 0 unspecified atom stereocenters. The Labute approximate surface area is 75.7 Å². The number of oxime groups is 1. The van der Waals surface area contributed by atoms with Crippen LogP contribution in [0, 0.1) is 0 Å². The standard InChI is InChI=1S/C10H10N2O/c13-11-6-5-9-7-8-3-1-2-4-10(8)12-9/h1-4,6-7,12-13H,5H2/b11-6-. The molecular formula is C10H10N2O. The number of benzene rings is 1. The highest BCUT2D eigenvalue weighted by atomic mass is 16.4. The van der Waals surface area contributed by atoms with E-state index in [4.69, 9.17) is 5.21 Å². The van der Waals surface area contributed by atoms with E-state index in [1.165, 1.54) is 11.6 Å². The van der Waals surface area contributed by atoms with Gasteiger partial charge in [0, 0.05) is 23.8 Å². The summed E-state index contributed by atoms with van der Waals surface area (Å²) >= 11 is 0. The summed E-state index contributed by atoms with van der Waals surface area (Å²) in [4.78, 5) is 3.23. The maximum Gasteiger partial charge on any atom is 0.0494 e. The minimum Gasteiger partial charge on any atom is -0.411 e. The number of hydrogen-bond donors (Lipinski definition) is 2. The van der Waals surface area contributed by atoms with Gasteiger partial charge in [0.15, 0.2) is 0 Å². The zero-order valence-electron chi connectivity index (χ0n) is 7.07. The van der Waals surface area contributed by atoms with E-state index in [1.54, 1.807) is 0 Å². The predicted molar refractivity (Wildman–Crippen MR) is 52.3 cm³/mol. The van der Waals surface area contributed by atoms with Crippen molar-refractivity contribution in [3.8, 4) is 0 Å². The summed E-state index contributed by atoms with van der Waals surface area (Å²) in [6.45, 7) is 0. The Morgan fingerprint density at radius 3 is 3.00 bits per heavy atom. The molecular weight excluding hydrogens is 164 g/mol. The molecule has 0 spiro atoms. The van der Waals surface area contributed by atoms with Crippen molar-refractivity contribution in [3.63, 3.8) is 0 Å². The van der Waals surface area contributed by atoms with E-state index < -0.39 is 0 Å². The predicted octanol–water partition coefficient (Wildman–Crippen LogP) is 2.17. The van der Waals surface area contributed by atoms with Gasteiger partial charge in [-0.25, -0.2) is 0 Å². The van der Waals surface area contributed by atoms with Crippen molar-refractivity contribution in [1.82, 2.24) is 4.98 Å². The summed E-state index contributed by atoms with van der Waals surface area (Å²) in [5.74, 6) is 0. The first-order valence-electron chi connectivity index (χ1n) is 4.12. The van der Waals surface area contributed by atoms with Gasteiger partial charge in [-0.3, -0.25) is 0 Å². The quantitative estimate of drug-likeness (QED) is 0.409. The lowest BCUT2D eigenvalue weighted by Crippen LogP contribution is -1.84. The molecule has 0 aliphatic rings. The lowest BCUT2D eigenvalue weighted by atomic mass is 10.2. The van der Waals surface area contributed by atoms with Crippen molar-refractivity contribution in [1.29, 1.82) is 0 Å². The molecule has 2 N–H and O–H groups in total. The Morgan fingerprint density at radius 1 is 1.38 bits per heavy atom. The molecule has 0 saturated heterocycles. The van der Waals surface area contributed by atoms with E-state index in [0.29, 0.717) is 6.42 Å². The van der Waals surface area contributed by atoms with Gasteiger partial charge in [-0.15, -0.1) is 5.16 Å². The molecule has 1 aromatic heterocycles. The zero-order chi connectivity index (χ0) is 9.10. The minimum atomic E-state index is 0.630. The van der Waals surface area contributed by atoms with Crippen LogP contribution in [0.4, 0.5) is 0 Å². The molecule has 0 bridgehead atoms. The molecule has 1 heterocycles. The van der Waals surface area contributed by atoms with Crippen LogP contribution in [0.2, 0.25) is 0 Å². The van der Waals surface area contributed by atoms with E-state index >= 15 is 0 Å². The van der Waals surface area contributed by atoms with Crippen LogP contribution in [0.5, 0.6) is 0 Å². The minimum absolute atomic E-state index is 0.630. The van der Waals surface area contributed by atoms with E-state index in [2.05, 4.69) is 16.2 Å². The van der Waals surface area contributed by atoms with Crippen LogP contribution in [-0.4, -0.2) is 16.4 Å². The number of hydrogen-bond acceptors (Lipinski definition) is 2. The average Bonchev–Trinajstić information content (AvgIpc) is 2.57. The van der Waals surface area contributed by atoms with Crippen LogP contribution in [0.15, 0.2) is 35.5 Å². The van der Waals surface area contributed by atoms with Crippen molar-refractivity contribution in [2.75, 3.05) is 0 Å². The van der Waals surface area contributed by atoms with Crippen molar-refractivity contribution in [3.05, 3.63) is 36.0 Å². The van der Waals surface area contributed by atoms with Crippen LogP contribution in [-0.2, 0) is 6.42 Å². The molecule has 66 valence electrons. The molecule has 0 aliphatic carbocycles. The van der Waals surface area contributed by atoms with E-state index in [-0.39, 0.29) is 0 Å². The van der Waals surface area contributed by atoms with Crippen LogP contribution in [0.1, 0.15) is 5.69 Å². The van der Waals surface area contributed by atoms with Crippen molar-refractivity contribution in [2.24, 2.45) is 5.16 Å². The lowest BCUT2D eigenvalue weighted by molar-refractivity contribution is 0.320. The Hall–Kier alpha value is -1.77. The Balaban J connectivity index is 2.38. The van der Waals surface area contributed by atoms with Crippen LogP contribution < -0.4 is 0 Å². The Morgan fingerprint density at radius 2 is 2.23 bits per heavy atom. The van der Waals surface area contributed by atoms with Crippen LogP contribution in [0.3, 0.4) is 0 Å². The van der Waals surface area contributed by atoms with E-state index in [1.807, 2.05) is 24.3 Å². The number of para-hydroxylation sites is 1. The summed E-state index contributed by atoms with van der Waals surface area (Å²) in [6.07, 6.45) is 2.09. The van der Waals surface area contributed by atoms with E-state index in [0.717, 1.165) is 11.2 Å². The molecule has 3 nitrogen and oxygen atoms in total. The monoisotopic (exact) mass is 174 g/mol. The molecule has 0 aliphatic heterocycles. The van der Waals surface area contributed by atoms with Crippen LogP contribution in [0.25, 0.3) is 10.9 Å². The number of rotatable bonds is 2. The molecule has 0 radical (unpaired) electrons. The number of aromatic nitrogens is 1. The first-order valence-corrected chi connectivity index (χ1v) is 4.12. The molecule has 13 heavy (non-hydrogen) atoms. The smallest absolute Gasteiger partial charge is 0.0494 e. The van der Waals surface area contributed by atoms with Gasteiger partial charge in [0.05, 0.1) is 0 Å². The second-order valence-corrected chi connectivity index (χ2v) is 2.88. The number of nitrogens with zero attached hydrogens (tertiary/aromatic N) is 1. The van der Waals surface area contributed by atoms with Crippen molar-refractivity contribution >= 4 is 17.1 Å². The highest BCUT2D eigenvalue weighted by Crippen LogP contribution is 2.14. The largest absolute Gasteiger partial charge is 0.411 e. The van der Waals surface area contributed by atoms with Gasteiger partial charge in [-0.05, 0) is 17.5 Å². The summed E-state index contributed by atoms with van der Waals surface area (Å²) < 4.78 is 0. The molecule has 2 rings (SSSR count). The van der Waals surface area contributed by atoms with Gasteiger partial charge in [-0.1, -0.05) is 18.2 Å². The topological polar surface area (TPSA) is 48.4 Å². The van der Waals surface area contributed by atoms with Gasteiger partial charge in [0.25, 0.3) is 0 Å². The highest BCUT2D eigenvalue weighted by molar-refractivity contribution is 5.81. The summed E-state index contributed by atoms with van der Waals surface area (Å²) in [7, 11) is 0. The fourth-order valence-corrected chi connectivity index (χ4v) is 1.38. The third-order valence-electron chi connectivity index (χ3n) is 1.98. The number of fused-ring (bicyclic) bond motifs is 1. The van der Waals surface area contributed by atoms with Gasteiger partial charge < -0.3 is 10.2 Å². The van der Waals surface area contributed by atoms with Gasteiger partial charge in [0.2, 0.25) is 0 Å². The molecule has 0 amide bonds. The van der Waals surface area contributed by atoms with Gasteiger partial charge in [0.1, 0.15) is 0 Å². The molecule has 2 aromatic rings. The van der Waals surface area contributed by atoms with Crippen molar-refractivity contribution in [2.45, 2.75) is 6.42 Å². The van der Waals surface area contributed by atoms with Gasteiger partial charge in [-0.2, -0.15) is 0 Å².